The lowest BCUT2D eigenvalue weighted by Crippen LogP contribution is -2.50. The number of fused-ring (bicyclic) bond motifs is 4. The van der Waals surface area contributed by atoms with Crippen LogP contribution in [0.2, 0.25) is 0 Å². The van der Waals surface area contributed by atoms with Crippen LogP contribution in [0.25, 0.3) is 0 Å². The van der Waals surface area contributed by atoms with Crippen LogP contribution < -0.4 is 5.56 Å². The summed E-state index contributed by atoms with van der Waals surface area (Å²) in [6, 6.07) is 3.66. The summed E-state index contributed by atoms with van der Waals surface area (Å²) in [7, 11) is 0. The second-order valence-electron chi connectivity index (χ2n) is 8.88. The molecule has 0 aromatic carbocycles. The largest absolute Gasteiger partial charge is 0.372 e. The predicted molar refractivity (Wildman–Crippen MR) is 114 cm³/mol. The smallest absolute Gasteiger partial charge is 0.263 e. The summed E-state index contributed by atoms with van der Waals surface area (Å²) in [6.45, 7) is 5.84. The number of hydrogen-bond donors (Lipinski definition) is 0. The van der Waals surface area contributed by atoms with E-state index in [1.54, 1.807) is 10.6 Å². The number of hydrogen-bond acceptors (Lipinski definition) is 4. The highest BCUT2D eigenvalue weighted by atomic mass is 16.5. The second kappa shape index (κ2) is 9.33. The third-order valence-corrected chi connectivity index (χ3v) is 6.76. The molecule has 1 aromatic heterocycles. The molecule has 3 aliphatic rings. The molecule has 0 N–H and O–H groups in total. The Morgan fingerprint density at radius 3 is 2.47 bits per heavy atom. The fourth-order valence-corrected chi connectivity index (χ4v) is 5.21. The molecule has 2 bridgehead atoms. The van der Waals surface area contributed by atoms with Crippen LogP contribution in [0, 0.1) is 5.92 Å². The van der Waals surface area contributed by atoms with E-state index in [2.05, 4.69) is 0 Å². The molecule has 30 heavy (non-hydrogen) atoms. The van der Waals surface area contributed by atoms with Gasteiger partial charge in [0.05, 0.1) is 0 Å². The molecule has 2 fully saturated rings. The topological polar surface area (TPSA) is 71.8 Å². The minimum Gasteiger partial charge on any atom is -0.372 e. The first kappa shape index (κ1) is 21.1. The van der Waals surface area contributed by atoms with Crippen molar-refractivity contribution in [3.63, 3.8) is 0 Å². The zero-order valence-corrected chi connectivity index (χ0v) is 18.0. The van der Waals surface area contributed by atoms with Crippen LogP contribution in [0.3, 0.4) is 0 Å². The van der Waals surface area contributed by atoms with Crippen molar-refractivity contribution in [1.82, 2.24) is 14.4 Å². The van der Waals surface area contributed by atoms with Gasteiger partial charge in [0.25, 0.3) is 11.5 Å². The van der Waals surface area contributed by atoms with Gasteiger partial charge >= 0.3 is 0 Å². The molecule has 2 saturated heterocycles. The first-order valence-electron chi connectivity index (χ1n) is 11.5. The minimum atomic E-state index is -0.164. The Hall–Kier alpha value is -2.15. The second-order valence-corrected chi connectivity index (χ2v) is 8.88. The molecule has 164 valence electrons. The average Bonchev–Trinajstić information content (AvgIpc) is 2.72. The number of ether oxygens (including phenoxy) is 1. The molecule has 2 amide bonds. The summed E-state index contributed by atoms with van der Waals surface area (Å²) in [5.74, 6) is 0.279. The highest BCUT2D eigenvalue weighted by molar-refractivity contribution is 5.94. The molecule has 7 nitrogen and oxygen atoms in total. The number of nitrogens with zero attached hydrogens (tertiary/aromatic N) is 3. The van der Waals surface area contributed by atoms with Gasteiger partial charge in [-0.2, -0.15) is 0 Å². The molecule has 0 saturated carbocycles. The summed E-state index contributed by atoms with van der Waals surface area (Å²) >= 11 is 0. The van der Waals surface area contributed by atoms with E-state index in [1.807, 2.05) is 22.8 Å². The van der Waals surface area contributed by atoms with Gasteiger partial charge in [-0.15, -0.1) is 0 Å². The van der Waals surface area contributed by atoms with Crippen LogP contribution in [0.1, 0.15) is 67.4 Å². The molecule has 7 heteroatoms. The van der Waals surface area contributed by atoms with Crippen molar-refractivity contribution in [1.29, 1.82) is 0 Å². The lowest BCUT2D eigenvalue weighted by Gasteiger charge is -2.43. The highest BCUT2D eigenvalue weighted by Gasteiger charge is 2.37. The Morgan fingerprint density at radius 2 is 1.73 bits per heavy atom. The lowest BCUT2D eigenvalue weighted by molar-refractivity contribution is -0.138. The maximum Gasteiger partial charge on any atom is 0.263 e. The summed E-state index contributed by atoms with van der Waals surface area (Å²) < 4.78 is 7.09. The van der Waals surface area contributed by atoms with E-state index in [0.29, 0.717) is 31.8 Å². The Labute approximate surface area is 178 Å². The average molecular weight is 416 g/mol. The van der Waals surface area contributed by atoms with Crippen LogP contribution in [0.15, 0.2) is 16.9 Å². The molecule has 0 aliphatic carbocycles. The first-order chi connectivity index (χ1) is 14.6. The van der Waals surface area contributed by atoms with Gasteiger partial charge in [0, 0.05) is 50.9 Å². The molecule has 2 atom stereocenters. The van der Waals surface area contributed by atoms with Crippen LogP contribution >= 0.6 is 0 Å². The quantitative estimate of drug-likeness (QED) is 0.756. The van der Waals surface area contributed by atoms with Crippen LogP contribution in [0.4, 0.5) is 0 Å². The molecule has 0 spiro atoms. The maximum atomic E-state index is 13.3. The van der Waals surface area contributed by atoms with Gasteiger partial charge < -0.3 is 19.1 Å². The van der Waals surface area contributed by atoms with Gasteiger partial charge in [-0.05, 0) is 44.2 Å². The Balaban J connectivity index is 1.53. The molecule has 3 aliphatic heterocycles. The molecule has 4 rings (SSSR count). The molecule has 0 unspecified atom stereocenters. The zero-order chi connectivity index (χ0) is 21.1. The third-order valence-electron chi connectivity index (χ3n) is 6.76. The van der Waals surface area contributed by atoms with E-state index in [4.69, 9.17) is 4.74 Å². The van der Waals surface area contributed by atoms with Crippen LogP contribution in [0.5, 0.6) is 0 Å². The van der Waals surface area contributed by atoms with Crippen molar-refractivity contribution < 1.29 is 14.3 Å². The van der Waals surface area contributed by atoms with Crippen molar-refractivity contribution >= 4 is 11.8 Å². The van der Waals surface area contributed by atoms with Gasteiger partial charge in [-0.25, -0.2) is 0 Å². The molecular formula is C23H33N3O4. The number of piperidine rings is 1. The van der Waals surface area contributed by atoms with Gasteiger partial charge in [-0.1, -0.05) is 19.3 Å². The number of pyridine rings is 1. The van der Waals surface area contributed by atoms with Crippen LogP contribution in [-0.4, -0.2) is 65.6 Å². The predicted octanol–water partition coefficient (Wildman–Crippen LogP) is 2.24. The number of carbonyl (C=O) groups excluding carboxylic acids is 2. The number of amides is 2. The summed E-state index contributed by atoms with van der Waals surface area (Å²) in [5.41, 5.74) is 1.08. The fraction of sp³-hybridized carbons (Fsp3) is 0.696. The molecular weight excluding hydrogens is 382 g/mol. The molecule has 1 aromatic rings. The van der Waals surface area contributed by atoms with E-state index in [1.165, 1.54) is 6.42 Å². The third kappa shape index (κ3) is 4.31. The number of rotatable bonds is 4. The maximum absolute atomic E-state index is 13.3. The zero-order valence-electron chi connectivity index (χ0n) is 18.0. The monoisotopic (exact) mass is 415 g/mol. The number of likely N-dealkylation sites (tertiary alicyclic amines) is 2. The Morgan fingerprint density at radius 1 is 1.00 bits per heavy atom. The van der Waals surface area contributed by atoms with Crippen LogP contribution in [-0.2, 0) is 16.1 Å². The first-order valence-corrected chi connectivity index (χ1v) is 11.5. The Bertz CT molecular complexity index is 841. The van der Waals surface area contributed by atoms with Crippen molar-refractivity contribution in [2.45, 2.75) is 57.9 Å². The van der Waals surface area contributed by atoms with Gasteiger partial charge in [0.15, 0.2) is 0 Å². The van der Waals surface area contributed by atoms with E-state index in [9.17, 15) is 14.4 Å². The molecule has 0 radical (unpaired) electrons. The van der Waals surface area contributed by atoms with E-state index >= 15 is 0 Å². The summed E-state index contributed by atoms with van der Waals surface area (Å²) in [6.07, 6.45) is 6.53. The van der Waals surface area contributed by atoms with Gasteiger partial charge in [-0.3, -0.25) is 14.4 Å². The summed E-state index contributed by atoms with van der Waals surface area (Å²) in [5, 5.41) is 0. The number of aromatic nitrogens is 1. The highest BCUT2D eigenvalue weighted by Crippen LogP contribution is 2.35. The fourth-order valence-electron chi connectivity index (χ4n) is 5.21. The van der Waals surface area contributed by atoms with Crippen molar-refractivity contribution in [3.8, 4) is 0 Å². The molecule has 4 heterocycles. The normalized spacial score (nSPS) is 24.0. The van der Waals surface area contributed by atoms with E-state index in [0.717, 1.165) is 50.9 Å². The Kier molecular flexibility index (Phi) is 6.56. The minimum absolute atomic E-state index is 0.0197. The van der Waals surface area contributed by atoms with Gasteiger partial charge in [0.2, 0.25) is 5.91 Å². The lowest BCUT2D eigenvalue weighted by atomic mass is 9.83. The van der Waals surface area contributed by atoms with E-state index < -0.39 is 0 Å². The van der Waals surface area contributed by atoms with Crippen molar-refractivity contribution in [2.75, 3.05) is 39.4 Å². The SMILES string of the molecule is CCOCC(=O)N1C[C@@H]2C[C@H](C1)c1ccc(C(=O)N3CCCCCCC3)c(=O)n1C2. The van der Waals surface area contributed by atoms with Crippen molar-refractivity contribution in [2.24, 2.45) is 5.92 Å². The van der Waals surface area contributed by atoms with Crippen molar-refractivity contribution in [3.05, 3.63) is 33.7 Å². The summed E-state index contributed by atoms with van der Waals surface area (Å²) in [4.78, 5) is 42.5. The van der Waals surface area contributed by atoms with E-state index in [-0.39, 0.29) is 35.8 Å². The standard InChI is InChI=1S/C23H33N3O4/c1-2-30-16-21(27)25-13-17-12-18(15-25)20-9-8-19(23(29)26(20)14-17)22(28)24-10-6-4-3-5-7-11-24/h8-9,17-18H,2-7,10-16H2,1H3/t17-,18+/m0/s1. The van der Waals surface area contributed by atoms with Gasteiger partial charge in [0.1, 0.15) is 12.2 Å². The number of carbonyl (C=O) groups is 2.